The first-order chi connectivity index (χ1) is 16.4. The minimum absolute atomic E-state index is 0.145. The SMILES string of the molecule is COc1ccc(-c2cc(C(F)F)n3ncc(C(=O)NCC45CC6CC(CC(C6)C4)C5)c3n2)cc1. The molecule has 0 radical (unpaired) electrons. The second-order valence-electron chi connectivity index (χ2n) is 10.5. The van der Waals surface area contributed by atoms with Gasteiger partial charge in [-0.05, 0) is 92.0 Å². The van der Waals surface area contributed by atoms with E-state index in [4.69, 9.17) is 4.74 Å². The number of carbonyl (C=O) groups excluding carboxylic acids is 1. The first-order valence-corrected chi connectivity index (χ1v) is 12.0. The van der Waals surface area contributed by atoms with E-state index in [0.717, 1.165) is 22.3 Å². The molecule has 0 aliphatic heterocycles. The van der Waals surface area contributed by atoms with Crippen LogP contribution < -0.4 is 10.1 Å². The molecule has 0 unspecified atom stereocenters. The molecule has 4 fully saturated rings. The fraction of sp³-hybridized carbons (Fsp3) is 0.500. The maximum Gasteiger partial charge on any atom is 0.280 e. The molecule has 6 nitrogen and oxygen atoms in total. The van der Waals surface area contributed by atoms with E-state index in [0.29, 0.717) is 23.6 Å². The molecule has 1 N–H and O–H groups in total. The molecule has 1 aromatic carbocycles. The van der Waals surface area contributed by atoms with Gasteiger partial charge in [0.05, 0.1) is 19.0 Å². The lowest BCUT2D eigenvalue weighted by Crippen LogP contribution is -2.51. The van der Waals surface area contributed by atoms with Gasteiger partial charge in [0, 0.05) is 12.1 Å². The van der Waals surface area contributed by atoms with Crippen molar-refractivity contribution in [2.24, 2.45) is 23.2 Å². The molecule has 2 heterocycles. The van der Waals surface area contributed by atoms with Crippen LogP contribution in [0.5, 0.6) is 5.75 Å². The highest BCUT2D eigenvalue weighted by Gasteiger charge is 2.50. The first kappa shape index (κ1) is 21.5. The summed E-state index contributed by atoms with van der Waals surface area (Å²) in [5.74, 6) is 2.74. The molecule has 0 saturated heterocycles. The quantitative estimate of drug-likeness (QED) is 0.536. The minimum atomic E-state index is -2.76. The van der Waals surface area contributed by atoms with Gasteiger partial charge in [0.2, 0.25) is 0 Å². The summed E-state index contributed by atoms with van der Waals surface area (Å²) in [6, 6.07) is 8.34. The van der Waals surface area contributed by atoms with Gasteiger partial charge in [-0.1, -0.05) is 0 Å². The second kappa shape index (κ2) is 8.03. The van der Waals surface area contributed by atoms with E-state index in [1.165, 1.54) is 50.8 Å². The monoisotopic (exact) mass is 466 g/mol. The zero-order valence-electron chi connectivity index (χ0n) is 19.1. The maximum absolute atomic E-state index is 13.9. The number of nitrogens with zero attached hydrogens (tertiary/aromatic N) is 3. The van der Waals surface area contributed by atoms with Crippen LogP contribution in [-0.2, 0) is 0 Å². The summed E-state index contributed by atoms with van der Waals surface area (Å²) in [5.41, 5.74) is 1.28. The molecule has 34 heavy (non-hydrogen) atoms. The first-order valence-electron chi connectivity index (χ1n) is 12.0. The number of nitrogens with one attached hydrogen (secondary N) is 1. The molecule has 8 heteroatoms. The van der Waals surface area contributed by atoms with E-state index in [1.807, 2.05) is 0 Å². The second-order valence-corrected chi connectivity index (χ2v) is 10.5. The van der Waals surface area contributed by atoms with Crippen LogP contribution in [0, 0.1) is 23.2 Å². The normalized spacial score (nSPS) is 27.5. The number of ether oxygens (including phenoxy) is 1. The third-order valence-electron chi connectivity index (χ3n) is 8.14. The Labute approximate surface area is 196 Å². The van der Waals surface area contributed by atoms with Crippen molar-refractivity contribution < 1.29 is 18.3 Å². The summed E-state index contributed by atoms with van der Waals surface area (Å²) in [6.45, 7) is 0.631. The van der Waals surface area contributed by atoms with Gasteiger partial charge >= 0.3 is 0 Å². The molecule has 1 amide bonds. The largest absolute Gasteiger partial charge is 0.497 e. The van der Waals surface area contributed by atoms with Crippen molar-refractivity contribution in [3.63, 3.8) is 0 Å². The van der Waals surface area contributed by atoms with Crippen LogP contribution in [0.2, 0.25) is 0 Å². The van der Waals surface area contributed by atoms with Gasteiger partial charge < -0.3 is 10.1 Å². The molecule has 3 aromatic rings. The number of carbonyl (C=O) groups is 1. The van der Waals surface area contributed by atoms with E-state index in [9.17, 15) is 13.6 Å². The number of methoxy groups -OCH3 is 1. The predicted molar refractivity (Wildman–Crippen MR) is 123 cm³/mol. The molecule has 4 aliphatic carbocycles. The lowest BCUT2D eigenvalue weighted by Gasteiger charge is -2.56. The number of aromatic nitrogens is 3. The third-order valence-corrected chi connectivity index (χ3v) is 8.14. The fourth-order valence-electron chi connectivity index (χ4n) is 7.08. The Kier molecular flexibility index (Phi) is 5.08. The highest BCUT2D eigenvalue weighted by Crippen LogP contribution is 2.59. The lowest BCUT2D eigenvalue weighted by atomic mass is 9.49. The summed E-state index contributed by atoms with van der Waals surface area (Å²) in [5, 5.41) is 7.21. The van der Waals surface area contributed by atoms with E-state index in [-0.39, 0.29) is 28.2 Å². The Morgan fingerprint density at radius 2 is 1.79 bits per heavy atom. The van der Waals surface area contributed by atoms with Crippen molar-refractivity contribution in [3.05, 3.63) is 47.8 Å². The molecule has 0 atom stereocenters. The molecule has 0 spiro atoms. The van der Waals surface area contributed by atoms with Crippen LogP contribution in [0.15, 0.2) is 36.5 Å². The van der Waals surface area contributed by atoms with Crippen molar-refractivity contribution in [1.82, 2.24) is 19.9 Å². The molecule has 4 aliphatic rings. The van der Waals surface area contributed by atoms with Gasteiger partial charge in [0.15, 0.2) is 5.65 Å². The summed E-state index contributed by atoms with van der Waals surface area (Å²) in [7, 11) is 1.56. The van der Waals surface area contributed by atoms with E-state index < -0.39 is 6.43 Å². The summed E-state index contributed by atoms with van der Waals surface area (Å²) in [4.78, 5) is 17.8. The van der Waals surface area contributed by atoms with Crippen LogP contribution in [0.4, 0.5) is 8.78 Å². The number of alkyl halides is 2. The number of benzene rings is 1. The van der Waals surface area contributed by atoms with Gasteiger partial charge in [-0.25, -0.2) is 18.3 Å². The number of hydrogen-bond acceptors (Lipinski definition) is 4. The van der Waals surface area contributed by atoms with Crippen LogP contribution >= 0.6 is 0 Å². The molecule has 178 valence electrons. The number of hydrogen-bond donors (Lipinski definition) is 1. The standard InChI is InChI=1S/C26H28F2N4O2/c1-34-19-4-2-18(3-5-19)21-9-22(23(27)28)32-24(31-21)20(13-30-32)25(33)29-14-26-10-15-6-16(11-26)8-17(7-15)12-26/h2-5,9,13,15-17,23H,6-8,10-12,14H2,1H3,(H,29,33). The van der Waals surface area contributed by atoms with Gasteiger partial charge in [-0.2, -0.15) is 5.10 Å². The van der Waals surface area contributed by atoms with Crippen molar-refractivity contribution in [2.75, 3.05) is 13.7 Å². The van der Waals surface area contributed by atoms with Crippen LogP contribution in [0.1, 0.15) is 61.0 Å². The summed E-state index contributed by atoms with van der Waals surface area (Å²) < 4.78 is 34.0. The van der Waals surface area contributed by atoms with Gasteiger partial charge in [0.1, 0.15) is 17.0 Å². The lowest BCUT2D eigenvalue weighted by molar-refractivity contribution is -0.0503. The van der Waals surface area contributed by atoms with Crippen LogP contribution in [-0.4, -0.2) is 34.2 Å². The Morgan fingerprint density at radius 1 is 1.15 bits per heavy atom. The third kappa shape index (κ3) is 3.63. The average molecular weight is 467 g/mol. The van der Waals surface area contributed by atoms with Gasteiger partial charge in [-0.3, -0.25) is 4.79 Å². The highest BCUT2D eigenvalue weighted by molar-refractivity contribution is 6.00. The van der Waals surface area contributed by atoms with Crippen LogP contribution in [0.25, 0.3) is 16.9 Å². The summed E-state index contributed by atoms with van der Waals surface area (Å²) in [6.07, 6.45) is 6.17. The Hall–Kier alpha value is -3.03. The van der Waals surface area contributed by atoms with Crippen LogP contribution in [0.3, 0.4) is 0 Å². The molecule has 7 rings (SSSR count). The molecule has 4 saturated carbocycles. The number of amides is 1. The summed E-state index contributed by atoms with van der Waals surface area (Å²) >= 11 is 0. The zero-order valence-corrected chi connectivity index (χ0v) is 19.1. The molecular weight excluding hydrogens is 438 g/mol. The maximum atomic E-state index is 13.9. The number of halogens is 2. The van der Waals surface area contributed by atoms with Gasteiger partial charge in [0.25, 0.3) is 12.3 Å². The predicted octanol–water partition coefficient (Wildman–Crippen LogP) is 5.29. The molecular formula is C26H28F2N4O2. The number of fused-ring (bicyclic) bond motifs is 1. The fourth-order valence-corrected chi connectivity index (χ4v) is 7.08. The smallest absolute Gasteiger partial charge is 0.280 e. The average Bonchev–Trinajstić information content (AvgIpc) is 3.25. The van der Waals surface area contributed by atoms with Gasteiger partial charge in [-0.15, -0.1) is 0 Å². The van der Waals surface area contributed by atoms with E-state index >= 15 is 0 Å². The van der Waals surface area contributed by atoms with Crippen molar-refractivity contribution in [1.29, 1.82) is 0 Å². The van der Waals surface area contributed by atoms with Crippen molar-refractivity contribution >= 4 is 11.6 Å². The molecule has 2 aromatic heterocycles. The Balaban J connectivity index is 1.30. The topological polar surface area (TPSA) is 68.5 Å². The Morgan fingerprint density at radius 3 is 2.38 bits per heavy atom. The highest BCUT2D eigenvalue weighted by atomic mass is 19.3. The van der Waals surface area contributed by atoms with Crippen molar-refractivity contribution in [3.8, 4) is 17.0 Å². The number of rotatable bonds is 6. The van der Waals surface area contributed by atoms with E-state index in [1.54, 1.807) is 31.4 Å². The zero-order chi connectivity index (χ0) is 23.4. The Bertz CT molecular complexity index is 1200. The molecule has 4 bridgehead atoms. The van der Waals surface area contributed by atoms with Crippen molar-refractivity contribution in [2.45, 2.75) is 45.0 Å². The van der Waals surface area contributed by atoms with E-state index in [2.05, 4.69) is 15.4 Å². The minimum Gasteiger partial charge on any atom is -0.497 e.